The summed E-state index contributed by atoms with van der Waals surface area (Å²) >= 11 is 0. The van der Waals surface area contributed by atoms with E-state index in [4.69, 9.17) is 5.73 Å². The molecule has 0 bridgehead atoms. The summed E-state index contributed by atoms with van der Waals surface area (Å²) in [7, 11) is -4.00. The summed E-state index contributed by atoms with van der Waals surface area (Å²) in [6.07, 6.45) is 0. The fourth-order valence-corrected chi connectivity index (χ4v) is 2.77. The molecule has 1 amide bonds. The van der Waals surface area contributed by atoms with E-state index in [2.05, 4.69) is 10.0 Å². The van der Waals surface area contributed by atoms with Crippen LogP contribution in [0.1, 0.15) is 13.8 Å². The van der Waals surface area contributed by atoms with Crippen molar-refractivity contribution in [3.8, 4) is 0 Å². The lowest BCUT2D eigenvalue weighted by atomic mass is 10.2. The van der Waals surface area contributed by atoms with Crippen LogP contribution >= 0.6 is 0 Å². The van der Waals surface area contributed by atoms with Crippen molar-refractivity contribution >= 4 is 27.3 Å². The number of nitro groups is 1. The summed E-state index contributed by atoms with van der Waals surface area (Å²) in [5, 5.41) is 13.6. The number of rotatable bonds is 7. The topological polar surface area (TPSA) is 144 Å². The zero-order chi connectivity index (χ0) is 16.2. The van der Waals surface area contributed by atoms with Gasteiger partial charge in [0.15, 0.2) is 0 Å². The lowest BCUT2D eigenvalue weighted by Crippen LogP contribution is -2.42. The van der Waals surface area contributed by atoms with E-state index >= 15 is 0 Å². The van der Waals surface area contributed by atoms with Gasteiger partial charge in [-0.2, -0.15) is 4.72 Å². The number of nitrogens with two attached hydrogens (primary N) is 1. The highest BCUT2D eigenvalue weighted by Gasteiger charge is 2.23. The number of carbonyl (C=O) groups excluding carboxylic acids is 1. The molecule has 10 heteroatoms. The molecule has 0 heterocycles. The Morgan fingerprint density at radius 1 is 1.48 bits per heavy atom. The number of nitrogens with one attached hydrogen (secondary N) is 2. The molecule has 0 saturated carbocycles. The largest absolute Gasteiger partial charge is 0.380 e. The Bertz CT molecular complexity index is 659. The molecule has 0 saturated heterocycles. The van der Waals surface area contributed by atoms with Gasteiger partial charge in [0.25, 0.3) is 5.69 Å². The van der Waals surface area contributed by atoms with E-state index in [0.29, 0.717) is 6.54 Å². The monoisotopic (exact) mass is 316 g/mol. The fraction of sp³-hybridized carbons (Fsp3) is 0.364. The minimum Gasteiger partial charge on any atom is -0.380 e. The molecule has 1 aromatic rings. The van der Waals surface area contributed by atoms with Crippen molar-refractivity contribution in [1.82, 2.24) is 4.72 Å². The van der Waals surface area contributed by atoms with E-state index in [1.807, 2.05) is 0 Å². The maximum absolute atomic E-state index is 12.1. The molecule has 0 aromatic heterocycles. The number of hydrogen-bond acceptors (Lipinski definition) is 6. The number of nitrogens with zero attached hydrogens (tertiary/aromatic N) is 1. The number of carbonyl (C=O) groups is 1. The first-order valence-corrected chi connectivity index (χ1v) is 7.51. The third-order valence-electron chi connectivity index (χ3n) is 2.60. The second-order valence-electron chi connectivity index (χ2n) is 4.21. The predicted molar refractivity (Wildman–Crippen MR) is 76.2 cm³/mol. The van der Waals surface area contributed by atoms with Crippen LogP contribution in [0.3, 0.4) is 0 Å². The van der Waals surface area contributed by atoms with Gasteiger partial charge >= 0.3 is 0 Å². The van der Waals surface area contributed by atoms with E-state index < -0.39 is 26.9 Å². The fourth-order valence-electron chi connectivity index (χ4n) is 1.53. The number of benzene rings is 1. The number of primary amides is 1. The second-order valence-corrected chi connectivity index (χ2v) is 5.93. The van der Waals surface area contributed by atoms with Gasteiger partial charge in [-0.3, -0.25) is 14.9 Å². The molecule has 0 aliphatic carbocycles. The molecular weight excluding hydrogens is 300 g/mol. The first-order chi connectivity index (χ1) is 9.69. The summed E-state index contributed by atoms with van der Waals surface area (Å²) in [6, 6.07) is 2.22. The van der Waals surface area contributed by atoms with E-state index in [1.165, 1.54) is 6.92 Å². The molecule has 4 N–H and O–H groups in total. The number of amides is 1. The average Bonchev–Trinajstić information content (AvgIpc) is 2.38. The third kappa shape index (κ3) is 4.13. The van der Waals surface area contributed by atoms with Crippen LogP contribution in [-0.4, -0.2) is 31.8 Å². The van der Waals surface area contributed by atoms with Gasteiger partial charge in [0.1, 0.15) is 5.69 Å². The van der Waals surface area contributed by atoms with Crippen LogP contribution in [0.15, 0.2) is 23.1 Å². The number of hydrogen-bond donors (Lipinski definition) is 3. The van der Waals surface area contributed by atoms with Crippen LogP contribution in [-0.2, 0) is 14.8 Å². The van der Waals surface area contributed by atoms with E-state index in [-0.39, 0.29) is 16.3 Å². The minimum atomic E-state index is -4.00. The minimum absolute atomic E-state index is 0.0807. The molecule has 1 atom stereocenters. The van der Waals surface area contributed by atoms with Gasteiger partial charge in [-0.25, -0.2) is 8.42 Å². The van der Waals surface area contributed by atoms with E-state index in [1.54, 1.807) is 6.92 Å². The smallest absolute Gasteiger partial charge is 0.292 e. The Labute approximate surface area is 121 Å². The SMILES string of the molecule is CCNc1cc(S(=O)(=O)NC(C)C(N)=O)ccc1[N+](=O)[O-]. The Kier molecular flexibility index (Phi) is 5.22. The first-order valence-electron chi connectivity index (χ1n) is 6.03. The maximum atomic E-state index is 12.1. The van der Waals surface area contributed by atoms with E-state index in [9.17, 15) is 23.3 Å². The van der Waals surface area contributed by atoms with Crippen molar-refractivity contribution in [2.75, 3.05) is 11.9 Å². The summed E-state index contributed by atoms with van der Waals surface area (Å²) in [4.78, 5) is 21.0. The molecule has 1 aromatic carbocycles. The molecule has 1 rings (SSSR count). The number of sulfonamides is 1. The molecule has 0 aliphatic heterocycles. The Balaban J connectivity index is 3.22. The Morgan fingerprint density at radius 2 is 2.10 bits per heavy atom. The molecule has 0 fully saturated rings. The molecule has 21 heavy (non-hydrogen) atoms. The van der Waals surface area contributed by atoms with Gasteiger partial charge in [0, 0.05) is 12.6 Å². The van der Waals surface area contributed by atoms with Crippen molar-refractivity contribution in [3.63, 3.8) is 0 Å². The lowest BCUT2D eigenvalue weighted by molar-refractivity contribution is -0.384. The van der Waals surface area contributed by atoms with Crippen molar-refractivity contribution in [1.29, 1.82) is 0 Å². The molecule has 0 spiro atoms. The maximum Gasteiger partial charge on any atom is 0.292 e. The van der Waals surface area contributed by atoms with Crippen molar-refractivity contribution in [2.24, 2.45) is 5.73 Å². The second kappa shape index (κ2) is 6.50. The highest BCUT2D eigenvalue weighted by Crippen LogP contribution is 2.27. The molecule has 1 unspecified atom stereocenters. The van der Waals surface area contributed by atoms with Gasteiger partial charge in [-0.1, -0.05) is 0 Å². The number of nitro benzene ring substituents is 1. The average molecular weight is 316 g/mol. The van der Waals surface area contributed by atoms with Crippen LogP contribution < -0.4 is 15.8 Å². The highest BCUT2D eigenvalue weighted by atomic mass is 32.2. The highest BCUT2D eigenvalue weighted by molar-refractivity contribution is 7.89. The van der Waals surface area contributed by atoms with Crippen molar-refractivity contribution in [2.45, 2.75) is 24.8 Å². The summed E-state index contributed by atoms with van der Waals surface area (Å²) in [5.74, 6) is -0.826. The normalized spacial score (nSPS) is 12.7. The zero-order valence-electron chi connectivity index (χ0n) is 11.5. The van der Waals surface area contributed by atoms with Gasteiger partial charge in [-0.15, -0.1) is 0 Å². The van der Waals surface area contributed by atoms with Crippen LogP contribution in [0.2, 0.25) is 0 Å². The Hall–Kier alpha value is -2.20. The van der Waals surface area contributed by atoms with Gasteiger partial charge in [0.2, 0.25) is 15.9 Å². The molecule has 9 nitrogen and oxygen atoms in total. The molecule has 0 radical (unpaired) electrons. The summed E-state index contributed by atoms with van der Waals surface area (Å²) in [5.41, 5.74) is 4.84. The lowest BCUT2D eigenvalue weighted by Gasteiger charge is -2.12. The van der Waals surface area contributed by atoms with Gasteiger partial charge in [-0.05, 0) is 26.0 Å². The standard InChI is InChI=1S/C11H16N4O5S/c1-3-13-9-6-8(4-5-10(9)15(17)18)21(19,20)14-7(2)11(12)16/h4-7,13-14H,3H2,1-2H3,(H2,12,16). The molecule has 0 aliphatic rings. The van der Waals surface area contributed by atoms with Crippen LogP contribution in [0.5, 0.6) is 0 Å². The Morgan fingerprint density at radius 3 is 2.57 bits per heavy atom. The predicted octanol–water partition coefficient (Wildman–Crippen LogP) is 0.179. The molecule has 116 valence electrons. The van der Waals surface area contributed by atoms with E-state index in [0.717, 1.165) is 18.2 Å². The number of anilines is 1. The van der Waals surface area contributed by atoms with Crippen LogP contribution in [0.25, 0.3) is 0 Å². The zero-order valence-corrected chi connectivity index (χ0v) is 12.3. The van der Waals surface area contributed by atoms with Gasteiger partial charge < -0.3 is 11.1 Å². The summed E-state index contributed by atoms with van der Waals surface area (Å²) < 4.78 is 26.2. The van der Waals surface area contributed by atoms with Crippen molar-refractivity contribution < 1.29 is 18.1 Å². The quantitative estimate of drug-likeness (QED) is 0.483. The first kappa shape index (κ1) is 16.9. The van der Waals surface area contributed by atoms with Crippen molar-refractivity contribution in [3.05, 3.63) is 28.3 Å². The molecular formula is C11H16N4O5S. The third-order valence-corrected chi connectivity index (χ3v) is 4.14. The van der Waals surface area contributed by atoms with Crippen LogP contribution in [0.4, 0.5) is 11.4 Å². The van der Waals surface area contributed by atoms with Gasteiger partial charge in [0.05, 0.1) is 15.9 Å². The summed E-state index contributed by atoms with van der Waals surface area (Å²) in [6.45, 7) is 3.41. The van der Waals surface area contributed by atoms with Crippen LogP contribution in [0, 0.1) is 10.1 Å².